The van der Waals surface area contributed by atoms with Crippen molar-refractivity contribution < 1.29 is 23.9 Å². The number of alkyl halides is 1. The minimum atomic E-state index is -1.72. The number of halogens is 1. The molecule has 2 aromatic rings. The van der Waals surface area contributed by atoms with Crippen LogP contribution >= 0.6 is 11.3 Å². The van der Waals surface area contributed by atoms with Gasteiger partial charge in [-0.15, -0.1) is 0 Å². The lowest BCUT2D eigenvalue weighted by atomic mass is 10.0. The highest BCUT2D eigenvalue weighted by atomic mass is 32.1. The zero-order valence-electron chi connectivity index (χ0n) is 16.9. The van der Waals surface area contributed by atoms with Crippen LogP contribution < -0.4 is 11.1 Å². The maximum absolute atomic E-state index is 13.6. The number of amides is 3. The molecule has 0 saturated carbocycles. The molecular formula is C21H21FN4O4S. The first kappa shape index (κ1) is 22.4. The maximum atomic E-state index is 13.6. The largest absolute Gasteiger partial charge is 0.369 e. The van der Waals surface area contributed by atoms with E-state index in [2.05, 4.69) is 22.1 Å². The molecule has 1 aliphatic rings. The Bertz CT molecular complexity index is 1110. The number of aliphatic hydroxyl groups is 1. The second kappa shape index (κ2) is 8.83. The number of anilines is 1. The lowest BCUT2D eigenvalue weighted by Gasteiger charge is -2.13. The van der Waals surface area contributed by atoms with Crippen molar-refractivity contribution in [3.05, 3.63) is 35.5 Å². The number of benzene rings is 1. The van der Waals surface area contributed by atoms with Gasteiger partial charge in [-0.1, -0.05) is 42.2 Å². The molecule has 10 heteroatoms. The van der Waals surface area contributed by atoms with Gasteiger partial charge in [0.1, 0.15) is 10.0 Å². The summed E-state index contributed by atoms with van der Waals surface area (Å²) in [6.07, 6.45) is -1.50. The molecule has 0 bridgehead atoms. The average molecular weight is 444 g/mol. The van der Waals surface area contributed by atoms with Crippen LogP contribution in [-0.4, -0.2) is 58.1 Å². The van der Waals surface area contributed by atoms with Gasteiger partial charge in [-0.05, 0) is 18.6 Å². The Balaban J connectivity index is 1.90. The first-order valence-corrected chi connectivity index (χ1v) is 10.3. The van der Waals surface area contributed by atoms with Crippen LogP contribution in [0, 0.1) is 11.8 Å². The molecule has 2 atom stereocenters. The fourth-order valence-electron chi connectivity index (χ4n) is 2.95. The average Bonchev–Trinajstić information content (AvgIpc) is 3.29. The molecule has 3 amide bonds. The molecule has 1 aromatic carbocycles. The molecule has 1 saturated heterocycles. The number of rotatable bonds is 5. The second-order valence-corrected chi connectivity index (χ2v) is 8.09. The smallest absolute Gasteiger partial charge is 0.270 e. The van der Waals surface area contributed by atoms with E-state index in [1.165, 1.54) is 11.8 Å². The van der Waals surface area contributed by atoms with Crippen LogP contribution in [0.3, 0.4) is 0 Å². The van der Waals surface area contributed by atoms with E-state index in [-0.39, 0.29) is 23.5 Å². The molecule has 1 aromatic heterocycles. The van der Waals surface area contributed by atoms with Crippen molar-refractivity contribution in [2.24, 2.45) is 5.73 Å². The third kappa shape index (κ3) is 4.73. The molecule has 1 fully saturated rings. The molecule has 162 valence electrons. The van der Waals surface area contributed by atoms with Crippen LogP contribution in [0.2, 0.25) is 0 Å². The molecular weight excluding hydrogens is 423 g/mol. The summed E-state index contributed by atoms with van der Waals surface area (Å²) in [5.74, 6) is 3.27. The van der Waals surface area contributed by atoms with Gasteiger partial charge in [-0.2, -0.15) is 0 Å². The van der Waals surface area contributed by atoms with E-state index < -0.39 is 29.5 Å². The number of hydrogen-bond donors (Lipinski definition) is 3. The third-order valence-electron chi connectivity index (χ3n) is 4.77. The molecule has 1 aliphatic heterocycles. The minimum Gasteiger partial charge on any atom is -0.369 e. The molecule has 0 spiro atoms. The van der Waals surface area contributed by atoms with E-state index in [0.717, 1.165) is 11.3 Å². The molecule has 0 aliphatic carbocycles. The summed E-state index contributed by atoms with van der Waals surface area (Å²) in [6, 6.07) is 6.78. The quantitative estimate of drug-likeness (QED) is 0.603. The standard InChI is InChI=1S/C21H21FN4O4S/c1-3-14(22)17(28)25-19-15(16(23)27)24-18(31-19)13-6-4-5-12(11-13)7-8-21(30)9-10-26(2)20(21)29/h4-6,11,14,30H,3,9-10H2,1-2H3,(H2,23,27)(H,25,28)/t14-,21+/m1/s1. The maximum Gasteiger partial charge on any atom is 0.270 e. The number of thiazole rings is 1. The number of hydrogen-bond acceptors (Lipinski definition) is 6. The van der Waals surface area contributed by atoms with E-state index in [1.807, 2.05) is 0 Å². The Morgan fingerprint density at radius 1 is 1.48 bits per heavy atom. The van der Waals surface area contributed by atoms with Gasteiger partial charge in [0, 0.05) is 31.1 Å². The Kier molecular flexibility index (Phi) is 6.38. The summed E-state index contributed by atoms with van der Waals surface area (Å²) in [5, 5.41) is 13.2. The number of likely N-dealkylation sites (N-methyl/N-ethyl adjacent to an activating group) is 1. The molecule has 2 heterocycles. The third-order valence-corrected chi connectivity index (χ3v) is 5.79. The Morgan fingerprint density at radius 2 is 2.23 bits per heavy atom. The number of carbonyl (C=O) groups is 3. The highest BCUT2D eigenvalue weighted by molar-refractivity contribution is 7.19. The molecule has 31 heavy (non-hydrogen) atoms. The highest BCUT2D eigenvalue weighted by Gasteiger charge is 2.42. The summed E-state index contributed by atoms with van der Waals surface area (Å²) in [5.41, 5.74) is 4.56. The Labute approximate surface area is 182 Å². The zero-order valence-corrected chi connectivity index (χ0v) is 17.8. The summed E-state index contributed by atoms with van der Waals surface area (Å²) in [6.45, 7) is 1.95. The van der Waals surface area contributed by atoms with Crippen LogP contribution in [0.4, 0.5) is 9.39 Å². The normalized spacial score (nSPS) is 19.0. The van der Waals surface area contributed by atoms with Crippen LogP contribution in [-0.2, 0) is 9.59 Å². The molecule has 0 unspecified atom stereocenters. The van der Waals surface area contributed by atoms with Crippen LogP contribution in [0.25, 0.3) is 10.6 Å². The van der Waals surface area contributed by atoms with E-state index >= 15 is 0 Å². The number of nitrogens with one attached hydrogen (secondary N) is 1. The van der Waals surface area contributed by atoms with Crippen molar-refractivity contribution in [1.82, 2.24) is 9.88 Å². The second-order valence-electron chi connectivity index (χ2n) is 7.09. The van der Waals surface area contributed by atoms with Gasteiger partial charge in [0.2, 0.25) is 5.60 Å². The van der Waals surface area contributed by atoms with Gasteiger partial charge in [0.05, 0.1) is 0 Å². The van der Waals surface area contributed by atoms with Crippen molar-refractivity contribution >= 4 is 34.1 Å². The Hall–Kier alpha value is -3.29. The molecule has 8 nitrogen and oxygen atoms in total. The van der Waals surface area contributed by atoms with Gasteiger partial charge < -0.3 is 21.1 Å². The summed E-state index contributed by atoms with van der Waals surface area (Å²) in [4.78, 5) is 41.3. The van der Waals surface area contributed by atoms with Gasteiger partial charge in [-0.25, -0.2) is 9.37 Å². The molecule has 0 radical (unpaired) electrons. The topological polar surface area (TPSA) is 126 Å². The summed E-state index contributed by atoms with van der Waals surface area (Å²) in [7, 11) is 1.60. The number of aromatic nitrogens is 1. The van der Waals surface area contributed by atoms with Crippen molar-refractivity contribution in [3.8, 4) is 22.4 Å². The monoisotopic (exact) mass is 444 g/mol. The van der Waals surface area contributed by atoms with E-state index in [9.17, 15) is 23.9 Å². The number of carbonyl (C=O) groups excluding carboxylic acids is 3. The predicted octanol–water partition coefficient (Wildman–Crippen LogP) is 1.54. The van der Waals surface area contributed by atoms with Crippen LogP contribution in [0.15, 0.2) is 24.3 Å². The fraction of sp³-hybridized carbons (Fsp3) is 0.333. The van der Waals surface area contributed by atoms with Crippen molar-refractivity contribution in [1.29, 1.82) is 0 Å². The van der Waals surface area contributed by atoms with E-state index in [1.54, 1.807) is 31.3 Å². The summed E-state index contributed by atoms with van der Waals surface area (Å²) >= 11 is 0.980. The number of nitrogens with zero attached hydrogens (tertiary/aromatic N) is 2. The highest BCUT2D eigenvalue weighted by Crippen LogP contribution is 2.33. The van der Waals surface area contributed by atoms with E-state index in [4.69, 9.17) is 5.73 Å². The van der Waals surface area contributed by atoms with Gasteiger partial charge in [-0.3, -0.25) is 14.4 Å². The van der Waals surface area contributed by atoms with E-state index in [0.29, 0.717) is 22.7 Å². The lowest BCUT2D eigenvalue weighted by Crippen LogP contribution is -2.37. The zero-order chi connectivity index (χ0) is 22.8. The molecule has 3 rings (SSSR count). The van der Waals surface area contributed by atoms with Crippen LogP contribution in [0.1, 0.15) is 35.8 Å². The van der Waals surface area contributed by atoms with Gasteiger partial charge in [0.25, 0.3) is 17.7 Å². The van der Waals surface area contributed by atoms with Gasteiger partial charge in [0.15, 0.2) is 11.9 Å². The first-order chi connectivity index (χ1) is 14.6. The molecule has 4 N–H and O–H groups in total. The van der Waals surface area contributed by atoms with Crippen LogP contribution in [0.5, 0.6) is 0 Å². The fourth-order valence-corrected chi connectivity index (χ4v) is 3.92. The number of primary amides is 1. The van der Waals surface area contributed by atoms with Crippen molar-refractivity contribution in [3.63, 3.8) is 0 Å². The Morgan fingerprint density at radius 3 is 2.84 bits per heavy atom. The number of likely N-dealkylation sites (tertiary alicyclic amines) is 1. The lowest BCUT2D eigenvalue weighted by molar-refractivity contribution is -0.137. The predicted molar refractivity (Wildman–Crippen MR) is 114 cm³/mol. The van der Waals surface area contributed by atoms with Crippen molar-refractivity contribution in [2.75, 3.05) is 18.9 Å². The van der Waals surface area contributed by atoms with Gasteiger partial charge >= 0.3 is 0 Å². The number of nitrogens with two attached hydrogens (primary N) is 1. The SMILES string of the molecule is CC[C@@H](F)C(=O)Nc1sc(-c2cccc(C#C[C@]3(O)CCN(C)C3=O)c2)nc1C(N)=O. The van der Waals surface area contributed by atoms with Crippen molar-refractivity contribution in [2.45, 2.75) is 31.5 Å². The minimum absolute atomic E-state index is 0.00520. The first-order valence-electron chi connectivity index (χ1n) is 9.51. The summed E-state index contributed by atoms with van der Waals surface area (Å²) < 4.78 is 13.6.